The number of hydrogen-bond acceptors (Lipinski definition) is 3. The van der Waals surface area contributed by atoms with Gasteiger partial charge >= 0.3 is 5.97 Å². The molecule has 0 aliphatic rings. The maximum absolute atomic E-state index is 11.8. The number of carbonyl (C=O) groups is 2. The summed E-state index contributed by atoms with van der Waals surface area (Å²) in [6.45, 7) is 5.91. The number of carboxylic acids is 1. The van der Waals surface area contributed by atoms with Crippen LogP contribution in [0.4, 0.5) is 0 Å². The Balaban J connectivity index is 2.39. The summed E-state index contributed by atoms with van der Waals surface area (Å²) in [5, 5.41) is 11.7. The molecule has 0 aromatic heterocycles. The lowest BCUT2D eigenvalue weighted by atomic mass is 9.99. The minimum Gasteiger partial charge on any atom is -0.493 e. The monoisotopic (exact) mass is 293 g/mol. The molecule has 1 amide bonds. The van der Waals surface area contributed by atoms with E-state index in [2.05, 4.69) is 5.32 Å². The van der Waals surface area contributed by atoms with Gasteiger partial charge in [0.15, 0.2) is 0 Å². The van der Waals surface area contributed by atoms with Crippen LogP contribution in [0.15, 0.2) is 24.3 Å². The molecule has 1 rings (SSSR count). The molecule has 1 aromatic rings. The third-order valence-corrected chi connectivity index (χ3v) is 3.41. The Labute approximate surface area is 125 Å². The first kappa shape index (κ1) is 17.0. The van der Waals surface area contributed by atoms with Crippen LogP contribution in [0.2, 0.25) is 0 Å². The van der Waals surface area contributed by atoms with Crippen LogP contribution in [0.1, 0.15) is 32.3 Å². The molecule has 5 heteroatoms. The molecule has 5 nitrogen and oxygen atoms in total. The molecule has 0 aliphatic carbocycles. The van der Waals surface area contributed by atoms with E-state index < -0.39 is 12.0 Å². The number of ether oxygens (including phenoxy) is 1. The number of hydrogen-bond donors (Lipinski definition) is 2. The van der Waals surface area contributed by atoms with E-state index in [1.807, 2.05) is 45.0 Å². The van der Waals surface area contributed by atoms with Gasteiger partial charge in [0.1, 0.15) is 11.8 Å². The van der Waals surface area contributed by atoms with Crippen LogP contribution >= 0.6 is 0 Å². The predicted octanol–water partition coefficient (Wildman–Crippen LogP) is 2.38. The second-order valence-corrected chi connectivity index (χ2v) is 5.18. The van der Waals surface area contributed by atoms with Gasteiger partial charge in [0, 0.05) is 0 Å². The topological polar surface area (TPSA) is 75.6 Å². The van der Waals surface area contributed by atoms with Crippen LogP contribution < -0.4 is 10.1 Å². The van der Waals surface area contributed by atoms with Crippen molar-refractivity contribution in [1.29, 1.82) is 0 Å². The van der Waals surface area contributed by atoms with E-state index in [1.165, 1.54) is 0 Å². The first-order valence-electron chi connectivity index (χ1n) is 7.15. The number of aryl methyl sites for hydroxylation is 1. The molecule has 2 N–H and O–H groups in total. The van der Waals surface area contributed by atoms with E-state index in [4.69, 9.17) is 9.84 Å². The van der Waals surface area contributed by atoms with Gasteiger partial charge in [-0.1, -0.05) is 38.0 Å². The minimum atomic E-state index is -1.00. The van der Waals surface area contributed by atoms with Gasteiger partial charge in [-0.15, -0.1) is 0 Å². The molecule has 116 valence electrons. The average molecular weight is 293 g/mol. The summed E-state index contributed by atoms with van der Waals surface area (Å²) in [6.07, 6.45) is 0.825. The average Bonchev–Trinajstić information content (AvgIpc) is 2.45. The van der Waals surface area contributed by atoms with E-state index in [0.717, 1.165) is 5.56 Å². The van der Waals surface area contributed by atoms with Gasteiger partial charge in [-0.05, 0) is 25.0 Å². The highest BCUT2D eigenvalue weighted by Crippen LogP contribution is 2.12. The molecule has 21 heavy (non-hydrogen) atoms. The van der Waals surface area contributed by atoms with E-state index in [1.54, 1.807) is 0 Å². The van der Waals surface area contributed by atoms with Crippen molar-refractivity contribution in [3.63, 3.8) is 0 Å². The SMILES string of the molecule is CCC(C)[C@H](NC(=O)CCOc1ccc(C)cc1)C(=O)O. The summed E-state index contributed by atoms with van der Waals surface area (Å²) in [4.78, 5) is 22.9. The standard InChI is InChI=1S/C16H23NO4/c1-4-12(3)15(16(19)20)17-14(18)9-10-21-13-7-5-11(2)6-8-13/h5-8,12,15H,4,9-10H2,1-3H3,(H,17,18)(H,19,20)/t12?,15-/m0/s1. The van der Waals surface area contributed by atoms with Crippen LogP contribution in [0, 0.1) is 12.8 Å². The number of carbonyl (C=O) groups excluding carboxylic acids is 1. The Morgan fingerprint density at radius 2 is 1.90 bits per heavy atom. The zero-order chi connectivity index (χ0) is 15.8. The van der Waals surface area contributed by atoms with Gasteiger partial charge in [-0.25, -0.2) is 4.79 Å². The van der Waals surface area contributed by atoms with Crippen LogP contribution in [0.3, 0.4) is 0 Å². The Kier molecular flexibility index (Phi) is 6.72. The highest BCUT2D eigenvalue weighted by atomic mass is 16.5. The quantitative estimate of drug-likeness (QED) is 0.771. The molecular weight excluding hydrogens is 270 g/mol. The van der Waals surface area contributed by atoms with Gasteiger partial charge in [0.2, 0.25) is 5.91 Å². The molecule has 2 atom stereocenters. The Bertz CT molecular complexity index is 470. The number of rotatable bonds is 8. The fraction of sp³-hybridized carbons (Fsp3) is 0.500. The lowest BCUT2D eigenvalue weighted by Crippen LogP contribution is -2.45. The van der Waals surface area contributed by atoms with E-state index in [9.17, 15) is 9.59 Å². The highest BCUT2D eigenvalue weighted by molar-refractivity contribution is 5.83. The summed E-state index contributed by atoms with van der Waals surface area (Å²) in [5.74, 6) is -0.721. The van der Waals surface area contributed by atoms with Crippen LogP contribution in [-0.2, 0) is 9.59 Å². The largest absolute Gasteiger partial charge is 0.493 e. The van der Waals surface area contributed by atoms with Crippen molar-refractivity contribution in [2.24, 2.45) is 5.92 Å². The zero-order valence-corrected chi connectivity index (χ0v) is 12.8. The summed E-state index contributed by atoms with van der Waals surface area (Å²) in [5.41, 5.74) is 1.14. The van der Waals surface area contributed by atoms with Crippen LogP contribution in [0.5, 0.6) is 5.75 Å². The van der Waals surface area contributed by atoms with Gasteiger partial charge in [0.25, 0.3) is 0 Å². The van der Waals surface area contributed by atoms with Crippen LogP contribution in [-0.4, -0.2) is 29.6 Å². The molecule has 1 unspecified atom stereocenters. The fourth-order valence-corrected chi connectivity index (χ4v) is 1.82. The second kappa shape index (κ2) is 8.29. The molecule has 0 saturated heterocycles. The normalized spacial score (nSPS) is 13.3. The molecule has 0 spiro atoms. The molecule has 0 aliphatic heterocycles. The summed E-state index contributed by atoms with van der Waals surface area (Å²) in [7, 11) is 0. The summed E-state index contributed by atoms with van der Waals surface area (Å²) in [6, 6.07) is 6.69. The van der Waals surface area contributed by atoms with E-state index in [0.29, 0.717) is 12.2 Å². The molecule has 0 fully saturated rings. The molecule has 1 aromatic carbocycles. The smallest absolute Gasteiger partial charge is 0.326 e. The van der Waals surface area contributed by atoms with Gasteiger partial charge in [0.05, 0.1) is 13.0 Å². The Morgan fingerprint density at radius 1 is 1.29 bits per heavy atom. The van der Waals surface area contributed by atoms with E-state index in [-0.39, 0.29) is 24.9 Å². The number of benzene rings is 1. The van der Waals surface area contributed by atoms with Gasteiger partial charge in [-0.2, -0.15) is 0 Å². The number of nitrogens with one attached hydrogen (secondary N) is 1. The fourth-order valence-electron chi connectivity index (χ4n) is 1.82. The molecule has 0 heterocycles. The van der Waals surface area contributed by atoms with E-state index >= 15 is 0 Å². The molecular formula is C16H23NO4. The molecule has 0 bridgehead atoms. The van der Waals surface area contributed by atoms with Crippen molar-refractivity contribution in [3.8, 4) is 5.75 Å². The van der Waals surface area contributed by atoms with Gasteiger partial charge < -0.3 is 15.2 Å². The van der Waals surface area contributed by atoms with Crippen molar-refractivity contribution in [1.82, 2.24) is 5.32 Å². The maximum atomic E-state index is 11.8. The lowest BCUT2D eigenvalue weighted by Gasteiger charge is -2.20. The Hall–Kier alpha value is -2.04. The number of amides is 1. The third-order valence-electron chi connectivity index (χ3n) is 3.41. The number of aliphatic carboxylic acids is 1. The molecule has 0 radical (unpaired) electrons. The van der Waals surface area contributed by atoms with Crippen LogP contribution in [0.25, 0.3) is 0 Å². The third kappa shape index (κ3) is 5.85. The van der Waals surface area contributed by atoms with Crippen molar-refractivity contribution in [2.45, 2.75) is 39.7 Å². The van der Waals surface area contributed by atoms with Crippen molar-refractivity contribution in [3.05, 3.63) is 29.8 Å². The zero-order valence-electron chi connectivity index (χ0n) is 12.8. The first-order chi connectivity index (χ1) is 9.93. The maximum Gasteiger partial charge on any atom is 0.326 e. The first-order valence-corrected chi connectivity index (χ1v) is 7.15. The van der Waals surface area contributed by atoms with Crippen molar-refractivity contribution < 1.29 is 19.4 Å². The minimum absolute atomic E-state index is 0.107. The number of carboxylic acid groups (broad SMARTS) is 1. The lowest BCUT2D eigenvalue weighted by molar-refractivity contribution is -0.143. The summed E-state index contributed by atoms with van der Waals surface area (Å²) < 4.78 is 5.45. The summed E-state index contributed by atoms with van der Waals surface area (Å²) >= 11 is 0. The van der Waals surface area contributed by atoms with Gasteiger partial charge in [-0.3, -0.25) is 4.79 Å². The highest BCUT2D eigenvalue weighted by Gasteiger charge is 2.24. The van der Waals surface area contributed by atoms with Crippen molar-refractivity contribution >= 4 is 11.9 Å². The molecule has 0 saturated carbocycles. The predicted molar refractivity (Wildman–Crippen MR) is 80.3 cm³/mol. The second-order valence-electron chi connectivity index (χ2n) is 5.18. The van der Waals surface area contributed by atoms with Crippen molar-refractivity contribution in [2.75, 3.05) is 6.61 Å². The Morgan fingerprint density at radius 3 is 2.43 bits per heavy atom.